The Morgan fingerprint density at radius 1 is 1.13 bits per heavy atom. The first-order valence-corrected chi connectivity index (χ1v) is 11.6. The standard InChI is InChI=1S/C23H26FNO5S/c1-15-8-10-25(11-9-15)31(28,29)22-13-18(12-16(2)17(22)3)23(27)30-14-21(26)19-6-4-5-7-20(19)24/h4-7,12-13,15H,8-11,14H2,1-3H3. The topological polar surface area (TPSA) is 80.8 Å². The lowest BCUT2D eigenvalue weighted by molar-refractivity contribution is 0.0473. The van der Waals surface area contributed by atoms with Gasteiger partial charge in [-0.3, -0.25) is 4.79 Å². The minimum absolute atomic E-state index is 0.0355. The van der Waals surface area contributed by atoms with Crippen LogP contribution < -0.4 is 0 Å². The zero-order valence-corrected chi connectivity index (χ0v) is 18.7. The Hall–Kier alpha value is -2.58. The quantitative estimate of drug-likeness (QED) is 0.496. The van der Waals surface area contributed by atoms with Crippen LogP contribution >= 0.6 is 0 Å². The normalized spacial score (nSPS) is 15.6. The van der Waals surface area contributed by atoms with Crippen molar-refractivity contribution in [1.82, 2.24) is 4.31 Å². The van der Waals surface area contributed by atoms with E-state index in [9.17, 15) is 22.4 Å². The highest BCUT2D eigenvalue weighted by atomic mass is 32.2. The van der Waals surface area contributed by atoms with Crippen molar-refractivity contribution in [3.05, 3.63) is 64.5 Å². The third-order valence-electron chi connectivity index (χ3n) is 5.72. The molecule has 0 unspecified atom stereocenters. The monoisotopic (exact) mass is 447 g/mol. The lowest BCUT2D eigenvalue weighted by atomic mass is 10.0. The number of hydrogen-bond donors (Lipinski definition) is 0. The van der Waals surface area contributed by atoms with Crippen molar-refractivity contribution in [1.29, 1.82) is 0 Å². The van der Waals surface area contributed by atoms with Crippen molar-refractivity contribution in [2.45, 2.75) is 38.5 Å². The van der Waals surface area contributed by atoms with Crippen LogP contribution in [0.4, 0.5) is 4.39 Å². The van der Waals surface area contributed by atoms with Crippen LogP contribution in [0.15, 0.2) is 41.3 Å². The van der Waals surface area contributed by atoms with Crippen LogP contribution in [0.5, 0.6) is 0 Å². The molecular formula is C23H26FNO5S. The number of ketones is 1. The van der Waals surface area contributed by atoms with Crippen molar-refractivity contribution in [2.24, 2.45) is 5.92 Å². The van der Waals surface area contributed by atoms with Gasteiger partial charge >= 0.3 is 5.97 Å². The van der Waals surface area contributed by atoms with Gasteiger partial charge in [-0.05, 0) is 68.0 Å². The van der Waals surface area contributed by atoms with E-state index in [-0.39, 0.29) is 16.0 Å². The SMILES string of the molecule is Cc1cc(C(=O)OCC(=O)c2ccccc2F)cc(S(=O)(=O)N2CCC(C)CC2)c1C. The van der Waals surface area contributed by atoms with Crippen LogP contribution in [0, 0.1) is 25.6 Å². The molecule has 31 heavy (non-hydrogen) atoms. The van der Waals surface area contributed by atoms with E-state index in [4.69, 9.17) is 4.74 Å². The number of carbonyl (C=O) groups excluding carboxylic acids is 2. The number of carbonyl (C=O) groups is 2. The molecule has 0 aliphatic carbocycles. The average Bonchev–Trinajstić information content (AvgIpc) is 2.74. The van der Waals surface area contributed by atoms with E-state index in [1.165, 1.54) is 34.6 Å². The number of esters is 1. The van der Waals surface area contributed by atoms with Gasteiger partial charge in [0.25, 0.3) is 0 Å². The van der Waals surface area contributed by atoms with Gasteiger partial charge in [-0.25, -0.2) is 17.6 Å². The highest BCUT2D eigenvalue weighted by molar-refractivity contribution is 7.89. The molecule has 6 nitrogen and oxygen atoms in total. The van der Waals surface area contributed by atoms with Gasteiger partial charge in [0.1, 0.15) is 5.82 Å². The third-order valence-corrected chi connectivity index (χ3v) is 7.75. The number of halogens is 1. The zero-order valence-electron chi connectivity index (χ0n) is 17.9. The summed E-state index contributed by atoms with van der Waals surface area (Å²) >= 11 is 0. The van der Waals surface area contributed by atoms with Gasteiger partial charge < -0.3 is 4.74 Å². The molecule has 0 aromatic heterocycles. The van der Waals surface area contributed by atoms with Crippen molar-refractivity contribution < 1.29 is 27.1 Å². The lowest BCUT2D eigenvalue weighted by Crippen LogP contribution is -2.38. The Morgan fingerprint density at radius 2 is 1.77 bits per heavy atom. The first kappa shape index (κ1) is 23.1. The molecule has 1 fully saturated rings. The molecule has 0 N–H and O–H groups in total. The Labute approximate surface area is 182 Å². The number of hydrogen-bond acceptors (Lipinski definition) is 5. The summed E-state index contributed by atoms with van der Waals surface area (Å²) in [7, 11) is -3.77. The second kappa shape index (κ2) is 9.28. The molecule has 0 spiro atoms. The van der Waals surface area contributed by atoms with Crippen molar-refractivity contribution >= 4 is 21.8 Å². The van der Waals surface area contributed by atoms with E-state index in [0.29, 0.717) is 30.1 Å². The molecule has 0 saturated carbocycles. The molecule has 3 rings (SSSR count). The molecule has 1 saturated heterocycles. The first-order chi connectivity index (χ1) is 14.6. The molecule has 1 aliphatic rings. The largest absolute Gasteiger partial charge is 0.454 e. The lowest BCUT2D eigenvalue weighted by Gasteiger charge is -2.30. The summed E-state index contributed by atoms with van der Waals surface area (Å²) in [6.07, 6.45) is 1.58. The van der Waals surface area contributed by atoms with E-state index in [1.807, 2.05) is 0 Å². The van der Waals surface area contributed by atoms with Crippen molar-refractivity contribution in [3.8, 4) is 0 Å². The number of piperidine rings is 1. The van der Waals surface area contributed by atoms with Gasteiger partial charge in [0.15, 0.2) is 6.61 Å². The maximum Gasteiger partial charge on any atom is 0.338 e. The number of Topliss-reactive ketones (excluding diaryl/α,β-unsaturated/α-hetero) is 1. The Morgan fingerprint density at radius 3 is 2.42 bits per heavy atom. The summed E-state index contributed by atoms with van der Waals surface area (Å²) < 4.78 is 46.7. The molecule has 0 radical (unpaired) electrons. The molecule has 2 aromatic rings. The van der Waals surface area contributed by atoms with E-state index in [2.05, 4.69) is 6.92 Å². The van der Waals surface area contributed by atoms with Crippen LogP contribution in [0.2, 0.25) is 0 Å². The molecule has 0 bridgehead atoms. The second-order valence-electron chi connectivity index (χ2n) is 7.98. The van der Waals surface area contributed by atoms with Crippen LogP contribution in [-0.4, -0.2) is 44.2 Å². The molecule has 8 heteroatoms. The minimum atomic E-state index is -3.77. The summed E-state index contributed by atoms with van der Waals surface area (Å²) in [5, 5.41) is 0. The van der Waals surface area contributed by atoms with Gasteiger partial charge in [0.2, 0.25) is 15.8 Å². The van der Waals surface area contributed by atoms with Crippen LogP contribution in [0.1, 0.15) is 51.6 Å². The van der Waals surface area contributed by atoms with E-state index in [1.54, 1.807) is 13.8 Å². The molecule has 2 aromatic carbocycles. The summed E-state index contributed by atoms with van der Waals surface area (Å²) in [6, 6.07) is 8.26. The van der Waals surface area contributed by atoms with Crippen LogP contribution in [-0.2, 0) is 14.8 Å². The highest BCUT2D eigenvalue weighted by Crippen LogP contribution is 2.28. The average molecular weight is 448 g/mol. The zero-order chi connectivity index (χ0) is 22.8. The Kier molecular flexibility index (Phi) is 6.91. The van der Waals surface area contributed by atoms with E-state index >= 15 is 0 Å². The van der Waals surface area contributed by atoms with Crippen LogP contribution in [0.25, 0.3) is 0 Å². The van der Waals surface area contributed by atoms with Crippen molar-refractivity contribution in [3.63, 3.8) is 0 Å². The number of rotatable bonds is 6. The molecule has 1 aliphatic heterocycles. The number of nitrogens with zero attached hydrogens (tertiary/aromatic N) is 1. The third kappa shape index (κ3) is 5.02. The summed E-state index contributed by atoms with van der Waals surface area (Å²) in [5.41, 5.74) is 1.06. The molecule has 0 amide bonds. The van der Waals surface area contributed by atoms with Gasteiger partial charge in [-0.1, -0.05) is 19.1 Å². The first-order valence-electron chi connectivity index (χ1n) is 10.2. The second-order valence-corrected chi connectivity index (χ2v) is 9.89. The van der Waals surface area contributed by atoms with Gasteiger partial charge in [0.05, 0.1) is 16.0 Å². The number of sulfonamides is 1. The fourth-order valence-corrected chi connectivity index (χ4v) is 5.35. The maximum absolute atomic E-state index is 13.7. The molecular weight excluding hydrogens is 421 g/mol. The smallest absolute Gasteiger partial charge is 0.338 e. The predicted octanol–water partition coefficient (Wildman–Crippen LogP) is 3.90. The highest BCUT2D eigenvalue weighted by Gasteiger charge is 2.30. The van der Waals surface area contributed by atoms with E-state index < -0.39 is 34.2 Å². The Bertz CT molecular complexity index is 1100. The van der Waals surface area contributed by atoms with Gasteiger partial charge in [-0.15, -0.1) is 0 Å². The molecule has 1 heterocycles. The molecule has 166 valence electrons. The summed E-state index contributed by atoms with van der Waals surface area (Å²) in [4.78, 5) is 24.8. The van der Waals surface area contributed by atoms with E-state index in [0.717, 1.165) is 18.9 Å². The number of benzene rings is 2. The van der Waals surface area contributed by atoms with Crippen molar-refractivity contribution in [2.75, 3.05) is 19.7 Å². The predicted molar refractivity (Wildman–Crippen MR) is 114 cm³/mol. The Balaban J connectivity index is 1.81. The molecule has 0 atom stereocenters. The summed E-state index contributed by atoms with van der Waals surface area (Å²) in [5.74, 6) is -1.73. The fourth-order valence-electron chi connectivity index (χ4n) is 3.56. The number of ether oxygens (including phenoxy) is 1. The summed E-state index contributed by atoms with van der Waals surface area (Å²) in [6.45, 7) is 5.75. The maximum atomic E-state index is 13.7. The minimum Gasteiger partial charge on any atom is -0.454 e. The van der Waals surface area contributed by atoms with Crippen LogP contribution in [0.3, 0.4) is 0 Å². The van der Waals surface area contributed by atoms with Gasteiger partial charge in [0, 0.05) is 13.1 Å². The fraction of sp³-hybridized carbons (Fsp3) is 0.391. The number of aryl methyl sites for hydroxylation is 1. The van der Waals surface area contributed by atoms with Gasteiger partial charge in [-0.2, -0.15) is 4.31 Å².